The van der Waals surface area contributed by atoms with Crippen molar-refractivity contribution in [3.05, 3.63) is 29.8 Å². The summed E-state index contributed by atoms with van der Waals surface area (Å²) in [7, 11) is 0. The molecule has 1 heterocycles. The van der Waals surface area contributed by atoms with Gasteiger partial charge in [-0.1, -0.05) is 70.6 Å². The van der Waals surface area contributed by atoms with Gasteiger partial charge in [0.15, 0.2) is 0 Å². The Labute approximate surface area is 164 Å². The summed E-state index contributed by atoms with van der Waals surface area (Å²) in [4.78, 5) is 25.8. The Hall–Kier alpha value is -1.88. The number of anilines is 1. The lowest BCUT2D eigenvalue weighted by Gasteiger charge is -2.32. The van der Waals surface area contributed by atoms with Crippen molar-refractivity contribution in [1.29, 1.82) is 0 Å². The van der Waals surface area contributed by atoms with Crippen LogP contribution in [0.4, 0.5) is 5.69 Å². The maximum absolute atomic E-state index is 12.0. The predicted octanol–water partition coefficient (Wildman–Crippen LogP) is 4.55. The van der Waals surface area contributed by atoms with E-state index in [-0.39, 0.29) is 18.3 Å². The van der Waals surface area contributed by atoms with Crippen LogP contribution in [0.15, 0.2) is 24.3 Å². The molecule has 1 atom stereocenters. The van der Waals surface area contributed by atoms with Gasteiger partial charge in [-0.2, -0.15) is 0 Å². The van der Waals surface area contributed by atoms with Crippen LogP contribution in [0.2, 0.25) is 0 Å². The van der Waals surface area contributed by atoms with E-state index < -0.39 is 6.04 Å². The summed E-state index contributed by atoms with van der Waals surface area (Å²) < 4.78 is 5.03. The van der Waals surface area contributed by atoms with Crippen LogP contribution in [0.3, 0.4) is 0 Å². The molecule has 1 aliphatic rings. The summed E-state index contributed by atoms with van der Waals surface area (Å²) in [6.07, 6.45) is 7.13. The number of rotatable bonds is 8. The van der Waals surface area contributed by atoms with Gasteiger partial charge in [-0.3, -0.25) is 14.5 Å². The number of aryl methyl sites for hydroxylation is 1. The molecular weight excluding hydrogens is 340 g/mol. The lowest BCUT2D eigenvalue weighted by Crippen LogP contribution is -2.50. The van der Waals surface area contributed by atoms with Crippen molar-refractivity contribution in [3.63, 3.8) is 0 Å². The second-order valence-electron chi connectivity index (χ2n) is 6.99. The fourth-order valence-corrected chi connectivity index (χ4v) is 2.96. The number of morpholine rings is 1. The monoisotopic (exact) mass is 376 g/mol. The van der Waals surface area contributed by atoms with E-state index in [4.69, 9.17) is 4.74 Å². The molecule has 1 amide bonds. The van der Waals surface area contributed by atoms with Gasteiger partial charge in [0.1, 0.15) is 12.6 Å². The molecule has 0 aliphatic carbocycles. The second-order valence-corrected chi connectivity index (χ2v) is 6.99. The third-order valence-corrected chi connectivity index (χ3v) is 4.66. The average molecular weight is 377 g/mol. The molecule has 1 aliphatic heterocycles. The quantitative estimate of drug-likeness (QED) is 0.534. The summed E-state index contributed by atoms with van der Waals surface area (Å²) in [6.45, 7) is 10.3. The fraction of sp³-hybridized carbons (Fsp3) is 0.636. The number of hydrogen-bond acceptors (Lipinski definition) is 4. The summed E-state index contributed by atoms with van der Waals surface area (Å²) in [5.41, 5.74) is 1.88. The fourth-order valence-electron chi connectivity index (χ4n) is 2.96. The molecular formula is C22H36N2O3. The highest BCUT2D eigenvalue weighted by Crippen LogP contribution is 2.14. The Morgan fingerprint density at radius 2 is 1.74 bits per heavy atom. The van der Waals surface area contributed by atoms with Crippen molar-refractivity contribution in [2.24, 2.45) is 0 Å². The van der Waals surface area contributed by atoms with Gasteiger partial charge in [0, 0.05) is 12.2 Å². The standard InChI is InChI=1S/C15H20N2O3.C7H16/c1-3-17-8-9-20-15(19)13(17)10-14(18)16-12-6-4-11(2)5-7-12;1-3-5-7-6-4-2/h4-7,13H,3,8-10H2,1-2H3,(H,16,18);3-7H2,1-2H3. The number of hydrogen-bond donors (Lipinski definition) is 1. The van der Waals surface area contributed by atoms with E-state index in [1.807, 2.05) is 43.0 Å². The highest BCUT2D eigenvalue weighted by Gasteiger charge is 2.32. The highest BCUT2D eigenvalue weighted by atomic mass is 16.5. The topological polar surface area (TPSA) is 58.6 Å². The SMILES string of the molecule is CCCCCCC.CCN1CCOC(=O)C1CC(=O)Nc1ccc(C)cc1. The Kier molecular flexibility index (Phi) is 11.4. The van der Waals surface area contributed by atoms with E-state index in [0.717, 1.165) is 17.8 Å². The zero-order valence-electron chi connectivity index (χ0n) is 17.4. The van der Waals surface area contributed by atoms with Crippen molar-refractivity contribution in [2.75, 3.05) is 25.0 Å². The van der Waals surface area contributed by atoms with Crippen LogP contribution in [-0.4, -0.2) is 42.5 Å². The lowest BCUT2D eigenvalue weighted by atomic mass is 10.1. The third-order valence-electron chi connectivity index (χ3n) is 4.66. The molecule has 1 aromatic carbocycles. The van der Waals surface area contributed by atoms with Crippen LogP contribution in [0.1, 0.15) is 64.9 Å². The number of likely N-dealkylation sites (N-methyl/N-ethyl adjacent to an activating group) is 1. The zero-order valence-corrected chi connectivity index (χ0v) is 17.4. The Bertz CT molecular complexity index is 553. The summed E-state index contributed by atoms with van der Waals surface area (Å²) in [5, 5.41) is 2.81. The number of esters is 1. The molecule has 0 aromatic heterocycles. The van der Waals surface area contributed by atoms with Gasteiger partial charge in [0.25, 0.3) is 0 Å². The third kappa shape index (κ3) is 9.05. The van der Waals surface area contributed by atoms with Crippen molar-refractivity contribution in [2.45, 2.75) is 72.3 Å². The molecule has 5 nitrogen and oxygen atoms in total. The number of nitrogens with zero attached hydrogens (tertiary/aromatic N) is 1. The molecule has 152 valence electrons. The van der Waals surface area contributed by atoms with Crippen molar-refractivity contribution in [3.8, 4) is 0 Å². The van der Waals surface area contributed by atoms with Crippen molar-refractivity contribution >= 4 is 17.6 Å². The molecule has 1 aromatic rings. The molecule has 0 spiro atoms. The minimum atomic E-state index is -0.473. The number of amides is 1. The van der Waals surface area contributed by atoms with E-state index >= 15 is 0 Å². The average Bonchev–Trinajstić information content (AvgIpc) is 2.66. The first-order chi connectivity index (χ1) is 13.0. The van der Waals surface area contributed by atoms with Crippen LogP contribution in [0, 0.1) is 6.92 Å². The molecule has 1 fully saturated rings. The van der Waals surface area contributed by atoms with Crippen LogP contribution in [-0.2, 0) is 14.3 Å². The van der Waals surface area contributed by atoms with Crippen LogP contribution in [0.25, 0.3) is 0 Å². The highest BCUT2D eigenvalue weighted by molar-refractivity contribution is 5.94. The first-order valence-electron chi connectivity index (χ1n) is 10.3. The summed E-state index contributed by atoms with van der Waals surface area (Å²) >= 11 is 0. The summed E-state index contributed by atoms with van der Waals surface area (Å²) in [5.74, 6) is -0.478. The largest absolute Gasteiger partial charge is 0.463 e. The van der Waals surface area contributed by atoms with Crippen molar-refractivity contribution in [1.82, 2.24) is 4.90 Å². The molecule has 1 saturated heterocycles. The van der Waals surface area contributed by atoms with Crippen LogP contribution < -0.4 is 5.32 Å². The second kappa shape index (κ2) is 13.3. The van der Waals surface area contributed by atoms with E-state index in [2.05, 4.69) is 19.2 Å². The van der Waals surface area contributed by atoms with E-state index in [0.29, 0.717) is 13.2 Å². The zero-order chi connectivity index (χ0) is 20.1. The Morgan fingerprint density at radius 3 is 2.30 bits per heavy atom. The number of nitrogens with one attached hydrogen (secondary N) is 1. The number of carbonyl (C=O) groups excluding carboxylic acids is 2. The predicted molar refractivity (Wildman–Crippen MR) is 111 cm³/mol. The number of cyclic esters (lactones) is 1. The van der Waals surface area contributed by atoms with Gasteiger partial charge in [-0.15, -0.1) is 0 Å². The first kappa shape index (κ1) is 23.2. The van der Waals surface area contributed by atoms with Gasteiger partial charge in [-0.25, -0.2) is 0 Å². The van der Waals surface area contributed by atoms with Gasteiger partial charge in [0.05, 0.1) is 6.42 Å². The number of benzene rings is 1. The molecule has 5 heteroatoms. The molecule has 0 bridgehead atoms. The number of ether oxygens (including phenoxy) is 1. The maximum atomic E-state index is 12.0. The number of unbranched alkanes of at least 4 members (excludes halogenated alkanes) is 4. The van der Waals surface area contributed by atoms with E-state index in [1.54, 1.807) is 0 Å². The van der Waals surface area contributed by atoms with Gasteiger partial charge >= 0.3 is 5.97 Å². The lowest BCUT2D eigenvalue weighted by molar-refractivity contribution is -0.158. The molecule has 0 radical (unpaired) electrons. The van der Waals surface area contributed by atoms with Gasteiger partial charge < -0.3 is 10.1 Å². The molecule has 1 N–H and O–H groups in total. The maximum Gasteiger partial charge on any atom is 0.323 e. The first-order valence-corrected chi connectivity index (χ1v) is 10.3. The van der Waals surface area contributed by atoms with Crippen LogP contribution >= 0.6 is 0 Å². The number of carbonyl (C=O) groups is 2. The minimum absolute atomic E-state index is 0.126. The molecule has 2 rings (SSSR count). The van der Waals surface area contributed by atoms with Gasteiger partial charge in [-0.05, 0) is 25.6 Å². The smallest absolute Gasteiger partial charge is 0.323 e. The normalized spacial score (nSPS) is 16.9. The molecule has 27 heavy (non-hydrogen) atoms. The minimum Gasteiger partial charge on any atom is -0.463 e. The Balaban J connectivity index is 0.000000445. The van der Waals surface area contributed by atoms with Crippen LogP contribution in [0.5, 0.6) is 0 Å². The van der Waals surface area contributed by atoms with E-state index in [1.165, 1.54) is 32.1 Å². The van der Waals surface area contributed by atoms with Gasteiger partial charge in [0.2, 0.25) is 5.91 Å². The van der Waals surface area contributed by atoms with E-state index in [9.17, 15) is 9.59 Å². The van der Waals surface area contributed by atoms with Crippen molar-refractivity contribution < 1.29 is 14.3 Å². The summed E-state index contributed by atoms with van der Waals surface area (Å²) in [6, 6.07) is 7.10. The molecule has 0 saturated carbocycles. The molecule has 1 unspecified atom stereocenters. The Morgan fingerprint density at radius 1 is 1.11 bits per heavy atom.